The van der Waals surface area contributed by atoms with Crippen LogP contribution in [-0.4, -0.2) is 36.2 Å². The van der Waals surface area contributed by atoms with Crippen molar-refractivity contribution in [3.05, 3.63) is 65.2 Å². The number of nitrogens with zero attached hydrogens (tertiary/aromatic N) is 1. The van der Waals surface area contributed by atoms with Gasteiger partial charge in [0.2, 0.25) is 5.91 Å². The average Bonchev–Trinajstić information content (AvgIpc) is 2.69. The monoisotopic (exact) mass is 382 g/mol. The minimum atomic E-state index is 0.170. The topological polar surface area (TPSA) is 32.3 Å². The molecule has 0 unspecified atom stereocenters. The van der Waals surface area contributed by atoms with Crippen LogP contribution in [0.5, 0.6) is 0 Å². The van der Waals surface area contributed by atoms with E-state index in [2.05, 4.69) is 72.6 Å². The summed E-state index contributed by atoms with van der Waals surface area (Å²) in [6, 6.07) is 17.3. The van der Waals surface area contributed by atoms with Gasteiger partial charge in [-0.2, -0.15) is 0 Å². The summed E-state index contributed by atoms with van der Waals surface area (Å²) in [5, 5.41) is 3.13. The van der Waals surface area contributed by atoms with E-state index in [9.17, 15) is 4.79 Å². The number of hydrogen-bond acceptors (Lipinski definition) is 3. The average molecular weight is 383 g/mol. The Balaban J connectivity index is 1.33. The van der Waals surface area contributed by atoms with Crippen molar-refractivity contribution in [2.24, 2.45) is 5.92 Å². The van der Waals surface area contributed by atoms with Crippen molar-refractivity contribution < 1.29 is 4.79 Å². The van der Waals surface area contributed by atoms with Crippen LogP contribution in [0.1, 0.15) is 29.5 Å². The minimum Gasteiger partial charge on any atom is -0.355 e. The van der Waals surface area contributed by atoms with E-state index in [0.29, 0.717) is 0 Å². The Bertz CT molecular complexity index is 719. The summed E-state index contributed by atoms with van der Waals surface area (Å²) in [6.07, 6.45) is 1.92. The van der Waals surface area contributed by atoms with Crippen LogP contribution < -0.4 is 5.32 Å². The first-order valence-corrected chi connectivity index (χ1v) is 10.8. The zero-order valence-corrected chi connectivity index (χ0v) is 17.2. The van der Waals surface area contributed by atoms with Crippen molar-refractivity contribution in [1.82, 2.24) is 10.2 Å². The molecule has 2 aromatic rings. The molecule has 0 saturated carbocycles. The Labute approximate surface area is 167 Å². The maximum Gasteiger partial charge on any atom is 0.223 e. The molecule has 0 radical (unpaired) electrons. The summed E-state index contributed by atoms with van der Waals surface area (Å²) in [6.45, 7) is 7.95. The molecule has 0 spiro atoms. The number of carbonyl (C=O) groups is 1. The van der Waals surface area contributed by atoms with Gasteiger partial charge < -0.3 is 5.32 Å². The lowest BCUT2D eigenvalue weighted by molar-refractivity contribution is -0.126. The number of benzene rings is 2. The first-order chi connectivity index (χ1) is 13.1. The number of likely N-dealkylation sites (tertiary alicyclic amines) is 1. The molecule has 1 N–H and O–H groups in total. The lowest BCUT2D eigenvalue weighted by Crippen LogP contribution is -2.40. The van der Waals surface area contributed by atoms with E-state index in [1.165, 1.54) is 21.6 Å². The van der Waals surface area contributed by atoms with E-state index in [1.807, 2.05) is 0 Å². The lowest BCUT2D eigenvalue weighted by atomic mass is 9.95. The maximum absolute atomic E-state index is 12.4. The molecule has 1 amide bonds. The number of aryl methyl sites for hydroxylation is 2. The quantitative estimate of drug-likeness (QED) is 0.568. The fraction of sp³-hybridized carbons (Fsp3) is 0.435. The second-order valence-electron chi connectivity index (χ2n) is 7.49. The second kappa shape index (κ2) is 9.95. The summed E-state index contributed by atoms with van der Waals surface area (Å²) in [5.41, 5.74) is 3.94. The van der Waals surface area contributed by atoms with E-state index >= 15 is 0 Å². The number of carbonyl (C=O) groups excluding carboxylic acids is 1. The normalized spacial score (nSPS) is 15.6. The molecule has 3 rings (SSSR count). The van der Waals surface area contributed by atoms with Crippen LogP contribution in [0.15, 0.2) is 53.4 Å². The summed E-state index contributed by atoms with van der Waals surface area (Å²) in [7, 11) is 0. The molecule has 0 atom stereocenters. The highest BCUT2D eigenvalue weighted by molar-refractivity contribution is 7.99. The second-order valence-corrected chi connectivity index (χ2v) is 8.66. The van der Waals surface area contributed by atoms with Gasteiger partial charge in [0.25, 0.3) is 0 Å². The molecule has 27 heavy (non-hydrogen) atoms. The van der Waals surface area contributed by atoms with Crippen molar-refractivity contribution in [3.63, 3.8) is 0 Å². The molecule has 4 heteroatoms. The van der Waals surface area contributed by atoms with Crippen LogP contribution in [0, 0.1) is 19.8 Å². The fourth-order valence-corrected chi connectivity index (χ4v) is 4.20. The van der Waals surface area contributed by atoms with Gasteiger partial charge in [0.1, 0.15) is 0 Å². The molecule has 3 nitrogen and oxygen atoms in total. The van der Waals surface area contributed by atoms with E-state index in [-0.39, 0.29) is 11.8 Å². The highest BCUT2D eigenvalue weighted by Gasteiger charge is 2.24. The number of rotatable bonds is 7. The molecule has 1 aliphatic rings. The summed E-state index contributed by atoms with van der Waals surface area (Å²) < 4.78 is 0. The summed E-state index contributed by atoms with van der Waals surface area (Å²) >= 11 is 1.80. The van der Waals surface area contributed by atoms with Gasteiger partial charge in [-0.3, -0.25) is 9.69 Å². The van der Waals surface area contributed by atoms with Gasteiger partial charge in [0.15, 0.2) is 0 Å². The molecule has 1 heterocycles. The molecule has 0 bridgehead atoms. The molecule has 144 valence electrons. The third kappa shape index (κ3) is 6.40. The third-order valence-electron chi connectivity index (χ3n) is 5.18. The Morgan fingerprint density at radius 2 is 1.59 bits per heavy atom. The number of piperidine rings is 1. The van der Waals surface area contributed by atoms with E-state index in [0.717, 1.165) is 44.8 Å². The Hall–Kier alpha value is -1.78. The predicted octanol–water partition coefficient (Wildman–Crippen LogP) is 4.42. The molecule has 2 aromatic carbocycles. The number of amides is 1. The molecular formula is C23H30N2OS. The van der Waals surface area contributed by atoms with E-state index < -0.39 is 0 Å². The first-order valence-electron chi connectivity index (χ1n) is 9.85. The largest absolute Gasteiger partial charge is 0.355 e. The molecule has 0 aromatic heterocycles. The molecular weight excluding hydrogens is 352 g/mol. The van der Waals surface area contributed by atoms with Crippen LogP contribution in [0.2, 0.25) is 0 Å². The molecule has 1 fully saturated rings. The van der Waals surface area contributed by atoms with Crippen molar-refractivity contribution >= 4 is 17.7 Å². The van der Waals surface area contributed by atoms with Gasteiger partial charge in [-0.05, 0) is 57.5 Å². The van der Waals surface area contributed by atoms with Crippen LogP contribution in [0.25, 0.3) is 0 Å². The van der Waals surface area contributed by atoms with E-state index in [4.69, 9.17) is 0 Å². The van der Waals surface area contributed by atoms with Gasteiger partial charge in [-0.1, -0.05) is 47.5 Å². The smallest absolute Gasteiger partial charge is 0.223 e. The van der Waals surface area contributed by atoms with Crippen molar-refractivity contribution in [3.8, 4) is 0 Å². The molecule has 1 aliphatic heterocycles. The molecule has 0 aliphatic carbocycles. The van der Waals surface area contributed by atoms with Gasteiger partial charge in [-0.15, -0.1) is 11.8 Å². The Morgan fingerprint density at radius 1 is 1.00 bits per heavy atom. The number of nitrogens with one attached hydrogen (secondary N) is 1. The number of thioether (sulfide) groups is 1. The van der Waals surface area contributed by atoms with Gasteiger partial charge in [0.05, 0.1) is 0 Å². The Kier molecular flexibility index (Phi) is 7.36. The highest BCUT2D eigenvalue weighted by atomic mass is 32.2. The predicted molar refractivity (Wildman–Crippen MR) is 114 cm³/mol. The van der Waals surface area contributed by atoms with Crippen molar-refractivity contribution in [1.29, 1.82) is 0 Å². The van der Waals surface area contributed by atoms with Gasteiger partial charge >= 0.3 is 0 Å². The summed E-state index contributed by atoms with van der Waals surface area (Å²) in [5.74, 6) is 1.32. The van der Waals surface area contributed by atoms with Crippen LogP contribution in [0.3, 0.4) is 0 Å². The molecule has 1 saturated heterocycles. The Morgan fingerprint density at radius 3 is 2.22 bits per heavy atom. The van der Waals surface area contributed by atoms with E-state index in [1.54, 1.807) is 11.8 Å². The maximum atomic E-state index is 12.4. The van der Waals surface area contributed by atoms with Gasteiger partial charge in [-0.25, -0.2) is 0 Å². The van der Waals surface area contributed by atoms with Gasteiger partial charge in [0, 0.05) is 29.7 Å². The SMILES string of the molecule is Cc1ccc(CN2CCC(C(=O)NCCSc3ccc(C)cc3)CC2)cc1. The number of hydrogen-bond donors (Lipinski definition) is 1. The first kappa shape index (κ1) is 20.0. The lowest BCUT2D eigenvalue weighted by Gasteiger charge is -2.31. The minimum absolute atomic E-state index is 0.170. The standard InChI is InChI=1S/C23H30N2OS/c1-18-3-7-20(8-4-18)17-25-14-11-21(12-15-25)23(26)24-13-16-27-22-9-5-19(2)6-10-22/h3-10,21H,11-17H2,1-2H3,(H,24,26). The van der Waals surface area contributed by atoms with Crippen LogP contribution in [0.4, 0.5) is 0 Å². The van der Waals surface area contributed by atoms with Crippen LogP contribution in [-0.2, 0) is 11.3 Å². The third-order valence-corrected chi connectivity index (χ3v) is 6.19. The van der Waals surface area contributed by atoms with Crippen LogP contribution >= 0.6 is 11.8 Å². The fourth-order valence-electron chi connectivity index (χ4n) is 3.43. The summed E-state index contributed by atoms with van der Waals surface area (Å²) in [4.78, 5) is 16.1. The zero-order chi connectivity index (χ0) is 19.1. The zero-order valence-electron chi connectivity index (χ0n) is 16.4. The highest BCUT2D eigenvalue weighted by Crippen LogP contribution is 2.20. The van der Waals surface area contributed by atoms with Crippen molar-refractivity contribution in [2.45, 2.75) is 38.1 Å². The van der Waals surface area contributed by atoms with Crippen molar-refractivity contribution in [2.75, 3.05) is 25.4 Å².